The number of allylic oxidation sites excluding steroid dienone is 1. The quantitative estimate of drug-likeness (QED) is 0.486. The molecule has 2 heterocycles. The third kappa shape index (κ3) is 1.63. The zero-order chi connectivity index (χ0) is 17.5. The summed E-state index contributed by atoms with van der Waals surface area (Å²) in [5.74, 6) is 0.466. The van der Waals surface area contributed by atoms with Gasteiger partial charge in [0.1, 0.15) is 12.2 Å². The molecular formula is C20H21NO4. The minimum Gasteiger partial charge on any atom is -0.504 e. The summed E-state index contributed by atoms with van der Waals surface area (Å²) in [5.41, 5.74) is 2.04. The highest BCUT2D eigenvalue weighted by Crippen LogP contribution is 2.62. The van der Waals surface area contributed by atoms with Gasteiger partial charge in [-0.1, -0.05) is 18.7 Å². The highest BCUT2D eigenvalue weighted by molar-refractivity contribution is 6.06. The number of hydrogen-bond donors (Lipinski definition) is 2. The number of aliphatic hydroxyl groups excluding tert-OH is 1. The van der Waals surface area contributed by atoms with Gasteiger partial charge >= 0.3 is 0 Å². The standard InChI is InChI=1S/C20H21NO4/c1-3-14(22)10-9-16(24)18-17-11(10)8-13-12-4-5-15(23)19(25-18)20(12,17)6-7-21(13)2/h3-5,9,12-13,15,19,23-24H,1,6-8H2,2H3/t12-,13+,15-,19-,20-/m0/s1. The van der Waals surface area contributed by atoms with Crippen LogP contribution in [-0.2, 0) is 11.8 Å². The molecule has 5 heteroatoms. The smallest absolute Gasteiger partial charge is 0.185 e. The third-order valence-corrected chi connectivity index (χ3v) is 6.73. The molecule has 0 saturated carbocycles. The van der Waals surface area contributed by atoms with Crippen LogP contribution in [0.5, 0.6) is 11.5 Å². The summed E-state index contributed by atoms with van der Waals surface area (Å²) in [6.07, 6.45) is 5.68. The second kappa shape index (κ2) is 4.74. The number of rotatable bonds is 2. The van der Waals surface area contributed by atoms with E-state index < -0.39 is 12.2 Å². The Morgan fingerprint density at radius 3 is 3.04 bits per heavy atom. The van der Waals surface area contributed by atoms with Gasteiger partial charge in [0.15, 0.2) is 17.3 Å². The number of aliphatic hydroxyl groups is 1. The lowest BCUT2D eigenvalue weighted by Crippen LogP contribution is -2.64. The van der Waals surface area contributed by atoms with E-state index in [1.807, 2.05) is 6.08 Å². The van der Waals surface area contributed by atoms with Crippen molar-refractivity contribution >= 4 is 5.78 Å². The Labute approximate surface area is 146 Å². The molecule has 4 aliphatic rings. The summed E-state index contributed by atoms with van der Waals surface area (Å²) in [4.78, 5) is 14.8. The number of aromatic hydroxyl groups is 1. The van der Waals surface area contributed by atoms with E-state index in [0.717, 1.165) is 30.5 Å². The Kier molecular flexibility index (Phi) is 2.88. The lowest BCUT2D eigenvalue weighted by Gasteiger charge is -2.56. The highest BCUT2D eigenvalue weighted by Gasteiger charge is 2.64. The van der Waals surface area contributed by atoms with E-state index in [-0.39, 0.29) is 28.9 Å². The maximum absolute atomic E-state index is 12.4. The summed E-state index contributed by atoms with van der Waals surface area (Å²) < 4.78 is 6.12. The molecule has 2 N–H and O–H groups in total. The number of likely N-dealkylation sites (N-methyl/N-ethyl adjacent to an activating group) is 1. The van der Waals surface area contributed by atoms with Gasteiger partial charge in [-0.2, -0.15) is 0 Å². The molecule has 1 fully saturated rings. The molecule has 1 aromatic carbocycles. The van der Waals surface area contributed by atoms with Crippen LogP contribution in [0.15, 0.2) is 30.9 Å². The summed E-state index contributed by atoms with van der Waals surface area (Å²) in [6.45, 7) is 4.51. The number of hydrogen-bond acceptors (Lipinski definition) is 5. The minimum atomic E-state index is -0.711. The van der Waals surface area contributed by atoms with Crippen molar-refractivity contribution < 1.29 is 19.7 Å². The second-order valence-corrected chi connectivity index (χ2v) is 7.68. The minimum absolute atomic E-state index is 0.0175. The van der Waals surface area contributed by atoms with Crippen LogP contribution in [0.25, 0.3) is 0 Å². The fraction of sp³-hybridized carbons (Fsp3) is 0.450. The van der Waals surface area contributed by atoms with Gasteiger partial charge in [0, 0.05) is 28.5 Å². The van der Waals surface area contributed by atoms with E-state index in [1.165, 1.54) is 12.1 Å². The summed E-state index contributed by atoms with van der Waals surface area (Å²) in [5, 5.41) is 21.1. The molecule has 5 rings (SSSR count). The molecule has 130 valence electrons. The molecule has 2 aliphatic heterocycles. The average molecular weight is 339 g/mol. The van der Waals surface area contributed by atoms with Gasteiger partial charge in [0.25, 0.3) is 0 Å². The van der Waals surface area contributed by atoms with Crippen LogP contribution in [0, 0.1) is 5.92 Å². The number of nitrogens with zero attached hydrogens (tertiary/aromatic N) is 1. The fourth-order valence-corrected chi connectivity index (χ4v) is 5.65. The average Bonchev–Trinajstić information content (AvgIpc) is 2.96. The molecule has 5 nitrogen and oxygen atoms in total. The van der Waals surface area contributed by atoms with Crippen molar-refractivity contribution in [1.82, 2.24) is 4.90 Å². The van der Waals surface area contributed by atoms with Crippen LogP contribution < -0.4 is 4.74 Å². The van der Waals surface area contributed by atoms with Crippen LogP contribution >= 0.6 is 0 Å². The first-order valence-corrected chi connectivity index (χ1v) is 8.78. The third-order valence-electron chi connectivity index (χ3n) is 6.73. The van der Waals surface area contributed by atoms with Gasteiger partial charge in [-0.25, -0.2) is 0 Å². The zero-order valence-electron chi connectivity index (χ0n) is 14.1. The number of likely N-dealkylation sites (tertiary alicyclic amines) is 1. The monoisotopic (exact) mass is 339 g/mol. The van der Waals surface area contributed by atoms with Crippen molar-refractivity contribution in [3.05, 3.63) is 47.6 Å². The van der Waals surface area contributed by atoms with E-state index in [0.29, 0.717) is 11.3 Å². The van der Waals surface area contributed by atoms with Crippen LogP contribution in [0.4, 0.5) is 0 Å². The van der Waals surface area contributed by atoms with Crippen LogP contribution in [-0.4, -0.2) is 52.7 Å². The maximum atomic E-state index is 12.4. The molecular weight excluding hydrogens is 318 g/mol. The molecule has 1 aromatic rings. The molecule has 1 saturated heterocycles. The SMILES string of the molecule is C=CC(=O)c1cc(O)c2c3c1C[C@@H]1[C@@H]4C=C[C@H](O)[C@H](O2)[C@]34CCN1C. The van der Waals surface area contributed by atoms with Crippen molar-refractivity contribution in [2.45, 2.75) is 36.5 Å². The van der Waals surface area contributed by atoms with E-state index in [2.05, 4.69) is 24.6 Å². The Morgan fingerprint density at radius 1 is 1.48 bits per heavy atom. The first-order valence-electron chi connectivity index (χ1n) is 8.78. The molecule has 0 unspecified atom stereocenters. The number of ether oxygens (including phenoxy) is 1. The Balaban J connectivity index is 1.86. The van der Waals surface area contributed by atoms with Crippen molar-refractivity contribution in [2.75, 3.05) is 13.6 Å². The van der Waals surface area contributed by atoms with Crippen molar-refractivity contribution in [3.8, 4) is 11.5 Å². The number of piperidine rings is 1. The Hall–Kier alpha value is -2.11. The summed E-state index contributed by atoms with van der Waals surface area (Å²) in [7, 11) is 2.11. The predicted molar refractivity (Wildman–Crippen MR) is 92.1 cm³/mol. The summed E-state index contributed by atoms with van der Waals surface area (Å²) in [6, 6.07) is 1.75. The lowest BCUT2D eigenvalue weighted by atomic mass is 9.53. The van der Waals surface area contributed by atoms with Gasteiger partial charge in [0.05, 0.1) is 0 Å². The van der Waals surface area contributed by atoms with Gasteiger partial charge < -0.3 is 19.8 Å². The summed E-state index contributed by atoms with van der Waals surface area (Å²) >= 11 is 0. The van der Waals surface area contributed by atoms with E-state index in [4.69, 9.17) is 4.74 Å². The lowest BCUT2D eigenvalue weighted by molar-refractivity contribution is -0.0453. The van der Waals surface area contributed by atoms with Gasteiger partial charge in [-0.05, 0) is 44.1 Å². The van der Waals surface area contributed by atoms with Crippen LogP contribution in [0.3, 0.4) is 0 Å². The molecule has 1 spiro atoms. The molecule has 0 radical (unpaired) electrons. The van der Waals surface area contributed by atoms with Crippen LogP contribution in [0.1, 0.15) is 27.9 Å². The number of ketones is 1. The largest absolute Gasteiger partial charge is 0.504 e. The number of phenolic OH excluding ortho intramolecular Hbond substituents is 1. The van der Waals surface area contributed by atoms with E-state index in [9.17, 15) is 15.0 Å². The van der Waals surface area contributed by atoms with Crippen molar-refractivity contribution in [3.63, 3.8) is 0 Å². The molecule has 2 bridgehead atoms. The number of phenols is 1. The second-order valence-electron chi connectivity index (χ2n) is 7.68. The Bertz CT molecular complexity index is 845. The highest BCUT2D eigenvalue weighted by atomic mass is 16.5. The van der Waals surface area contributed by atoms with E-state index in [1.54, 1.807) is 0 Å². The normalized spacial score (nSPS) is 37.4. The molecule has 25 heavy (non-hydrogen) atoms. The van der Waals surface area contributed by atoms with Crippen molar-refractivity contribution in [2.24, 2.45) is 5.92 Å². The van der Waals surface area contributed by atoms with Crippen molar-refractivity contribution in [1.29, 1.82) is 0 Å². The number of carbonyl (C=O) groups is 1. The van der Waals surface area contributed by atoms with Gasteiger partial charge in [-0.3, -0.25) is 4.79 Å². The topological polar surface area (TPSA) is 70.0 Å². The number of carbonyl (C=O) groups excluding carboxylic acids is 1. The van der Waals surface area contributed by atoms with Gasteiger partial charge in [0.2, 0.25) is 0 Å². The van der Waals surface area contributed by atoms with Crippen LogP contribution in [0.2, 0.25) is 0 Å². The van der Waals surface area contributed by atoms with E-state index >= 15 is 0 Å². The molecule has 5 atom stereocenters. The first kappa shape index (κ1) is 15.2. The molecule has 2 aliphatic carbocycles. The van der Waals surface area contributed by atoms with Gasteiger partial charge in [-0.15, -0.1) is 0 Å². The first-order chi connectivity index (χ1) is 12.0. The Morgan fingerprint density at radius 2 is 2.28 bits per heavy atom. The molecule has 0 amide bonds. The fourth-order valence-electron chi connectivity index (χ4n) is 5.65. The maximum Gasteiger partial charge on any atom is 0.185 e. The predicted octanol–water partition coefficient (Wildman–Crippen LogP) is 1.57. The molecule has 0 aromatic heterocycles. The zero-order valence-corrected chi connectivity index (χ0v) is 14.1. The number of benzene rings is 1.